The van der Waals surface area contributed by atoms with Crippen LogP contribution >= 0.6 is 11.6 Å². The number of nitrogens with zero attached hydrogens (tertiary/aromatic N) is 1. The molecule has 6 heteroatoms. The Bertz CT molecular complexity index is 768. The second-order valence-corrected chi connectivity index (χ2v) is 6.85. The molecule has 0 radical (unpaired) electrons. The van der Waals surface area contributed by atoms with Gasteiger partial charge < -0.3 is 19.5 Å². The molecular formula is C21H24ClNO4. The van der Waals surface area contributed by atoms with Gasteiger partial charge in [-0.1, -0.05) is 48.9 Å². The van der Waals surface area contributed by atoms with E-state index in [9.17, 15) is 9.90 Å². The van der Waals surface area contributed by atoms with Gasteiger partial charge >= 0.3 is 0 Å². The van der Waals surface area contributed by atoms with Crippen molar-refractivity contribution in [1.82, 2.24) is 4.90 Å². The molecule has 1 aliphatic heterocycles. The number of hydrogen-bond acceptors (Lipinski definition) is 4. The van der Waals surface area contributed by atoms with Gasteiger partial charge in [0.05, 0.1) is 30.9 Å². The molecule has 1 saturated heterocycles. The SMILES string of the molecule is CCCOc1ccc(C(=O)N2CCO[C@H](CO)[C@H]2c2ccccc2)cc1Cl. The van der Waals surface area contributed by atoms with Crippen molar-refractivity contribution in [3.8, 4) is 5.75 Å². The zero-order chi connectivity index (χ0) is 19.2. The van der Waals surface area contributed by atoms with Crippen molar-refractivity contribution in [1.29, 1.82) is 0 Å². The maximum atomic E-state index is 13.2. The number of carbonyl (C=O) groups is 1. The van der Waals surface area contributed by atoms with E-state index < -0.39 is 6.10 Å². The van der Waals surface area contributed by atoms with E-state index in [2.05, 4.69) is 0 Å². The van der Waals surface area contributed by atoms with E-state index in [1.54, 1.807) is 23.1 Å². The summed E-state index contributed by atoms with van der Waals surface area (Å²) in [6, 6.07) is 14.4. The molecule has 1 aliphatic rings. The summed E-state index contributed by atoms with van der Waals surface area (Å²) in [5.41, 5.74) is 1.42. The van der Waals surface area contributed by atoms with Gasteiger partial charge in [0.1, 0.15) is 11.9 Å². The molecule has 2 atom stereocenters. The number of hydrogen-bond donors (Lipinski definition) is 1. The first-order valence-electron chi connectivity index (χ1n) is 9.16. The van der Waals surface area contributed by atoms with Crippen molar-refractivity contribution >= 4 is 17.5 Å². The summed E-state index contributed by atoms with van der Waals surface area (Å²) in [5.74, 6) is 0.430. The molecule has 1 N–H and O–H groups in total. The first kappa shape index (κ1) is 19.7. The predicted octanol–water partition coefficient (Wildman–Crippen LogP) is 3.70. The summed E-state index contributed by atoms with van der Waals surface area (Å²) in [6.45, 7) is 3.26. The lowest BCUT2D eigenvalue weighted by molar-refractivity contribution is -0.0811. The molecule has 0 spiro atoms. The van der Waals surface area contributed by atoms with Crippen molar-refractivity contribution in [2.45, 2.75) is 25.5 Å². The van der Waals surface area contributed by atoms with Crippen molar-refractivity contribution in [2.24, 2.45) is 0 Å². The highest BCUT2D eigenvalue weighted by molar-refractivity contribution is 6.32. The van der Waals surface area contributed by atoms with Crippen molar-refractivity contribution in [3.05, 3.63) is 64.7 Å². The number of halogens is 1. The molecule has 0 saturated carbocycles. The second-order valence-electron chi connectivity index (χ2n) is 6.44. The monoisotopic (exact) mass is 389 g/mol. The minimum absolute atomic E-state index is 0.144. The summed E-state index contributed by atoms with van der Waals surface area (Å²) in [6.07, 6.45) is 0.416. The van der Waals surface area contributed by atoms with Crippen LogP contribution in [0.5, 0.6) is 5.75 Å². The number of morpholine rings is 1. The average Bonchev–Trinajstić information content (AvgIpc) is 2.72. The third kappa shape index (κ3) is 4.43. The number of aliphatic hydroxyl groups excluding tert-OH is 1. The van der Waals surface area contributed by atoms with Gasteiger partial charge in [0.25, 0.3) is 5.91 Å². The molecule has 0 aliphatic carbocycles. The lowest BCUT2D eigenvalue weighted by atomic mass is 9.97. The fraction of sp³-hybridized carbons (Fsp3) is 0.381. The minimum atomic E-state index is -0.465. The molecule has 0 aromatic heterocycles. The fourth-order valence-electron chi connectivity index (χ4n) is 3.29. The molecule has 2 aromatic rings. The molecule has 3 rings (SSSR count). The van der Waals surface area contributed by atoms with Gasteiger partial charge in [-0.05, 0) is 30.2 Å². The largest absolute Gasteiger partial charge is 0.492 e. The van der Waals surface area contributed by atoms with Crippen LogP contribution in [0.4, 0.5) is 0 Å². The van der Waals surface area contributed by atoms with Gasteiger partial charge in [-0.15, -0.1) is 0 Å². The van der Waals surface area contributed by atoms with Crippen molar-refractivity contribution in [2.75, 3.05) is 26.4 Å². The van der Waals surface area contributed by atoms with Crippen LogP contribution in [0.3, 0.4) is 0 Å². The van der Waals surface area contributed by atoms with Gasteiger partial charge in [-0.25, -0.2) is 0 Å². The Morgan fingerprint density at radius 2 is 2.07 bits per heavy atom. The number of aliphatic hydroxyl groups is 1. The minimum Gasteiger partial charge on any atom is -0.492 e. The van der Waals surface area contributed by atoms with Gasteiger partial charge in [0.2, 0.25) is 0 Å². The van der Waals surface area contributed by atoms with E-state index in [0.29, 0.717) is 36.1 Å². The standard InChI is InChI=1S/C21H24ClNO4/c1-2-11-26-18-9-8-16(13-17(18)22)21(25)23-10-12-27-19(14-24)20(23)15-6-4-3-5-7-15/h3-9,13,19-20,24H,2,10-12,14H2,1H3/t19-,20-/m1/s1. The van der Waals surface area contributed by atoms with Crippen LogP contribution in [0.1, 0.15) is 35.3 Å². The Kier molecular flexibility index (Phi) is 6.72. The van der Waals surface area contributed by atoms with Crippen LogP contribution < -0.4 is 4.74 Å². The first-order chi connectivity index (χ1) is 13.2. The molecule has 1 amide bonds. The van der Waals surface area contributed by atoms with Crippen LogP contribution in [0.2, 0.25) is 5.02 Å². The highest BCUT2D eigenvalue weighted by atomic mass is 35.5. The highest BCUT2D eigenvalue weighted by Gasteiger charge is 2.36. The molecule has 27 heavy (non-hydrogen) atoms. The molecule has 1 fully saturated rings. The molecule has 144 valence electrons. The summed E-state index contributed by atoms with van der Waals surface area (Å²) < 4.78 is 11.3. The van der Waals surface area contributed by atoms with E-state index >= 15 is 0 Å². The zero-order valence-corrected chi connectivity index (χ0v) is 16.1. The Labute approximate surface area is 164 Å². The summed E-state index contributed by atoms with van der Waals surface area (Å²) in [7, 11) is 0. The Morgan fingerprint density at radius 1 is 1.30 bits per heavy atom. The number of ether oxygens (including phenoxy) is 2. The Morgan fingerprint density at radius 3 is 2.74 bits per heavy atom. The maximum Gasteiger partial charge on any atom is 0.254 e. The van der Waals surface area contributed by atoms with Crippen LogP contribution in [-0.2, 0) is 4.74 Å². The second kappa shape index (κ2) is 9.22. The Hall–Kier alpha value is -2.08. The molecule has 0 bridgehead atoms. The zero-order valence-electron chi connectivity index (χ0n) is 15.3. The van der Waals surface area contributed by atoms with Crippen LogP contribution in [0, 0.1) is 0 Å². The van der Waals surface area contributed by atoms with E-state index in [4.69, 9.17) is 21.1 Å². The lowest BCUT2D eigenvalue weighted by Gasteiger charge is -2.41. The van der Waals surface area contributed by atoms with Gasteiger partial charge in [-0.3, -0.25) is 4.79 Å². The smallest absolute Gasteiger partial charge is 0.254 e. The predicted molar refractivity (Wildman–Crippen MR) is 104 cm³/mol. The van der Waals surface area contributed by atoms with Crippen molar-refractivity contribution in [3.63, 3.8) is 0 Å². The molecule has 2 aromatic carbocycles. The van der Waals surface area contributed by atoms with Crippen LogP contribution in [-0.4, -0.2) is 48.4 Å². The molecule has 0 unspecified atom stereocenters. The van der Waals surface area contributed by atoms with Gasteiger partial charge in [0.15, 0.2) is 0 Å². The summed E-state index contributed by atoms with van der Waals surface area (Å²) >= 11 is 6.30. The Balaban J connectivity index is 1.88. The molecule has 1 heterocycles. The van der Waals surface area contributed by atoms with E-state index in [-0.39, 0.29) is 18.6 Å². The van der Waals surface area contributed by atoms with Crippen LogP contribution in [0.15, 0.2) is 48.5 Å². The van der Waals surface area contributed by atoms with Gasteiger partial charge in [0, 0.05) is 12.1 Å². The van der Waals surface area contributed by atoms with E-state index in [1.165, 1.54) is 0 Å². The van der Waals surface area contributed by atoms with E-state index in [0.717, 1.165) is 12.0 Å². The average molecular weight is 390 g/mol. The lowest BCUT2D eigenvalue weighted by Crippen LogP contribution is -2.49. The molecule has 5 nitrogen and oxygen atoms in total. The third-order valence-corrected chi connectivity index (χ3v) is 4.87. The quantitative estimate of drug-likeness (QED) is 0.818. The summed E-state index contributed by atoms with van der Waals surface area (Å²) in [5, 5.41) is 10.2. The topological polar surface area (TPSA) is 59.0 Å². The third-order valence-electron chi connectivity index (χ3n) is 4.57. The number of benzene rings is 2. The van der Waals surface area contributed by atoms with Crippen molar-refractivity contribution < 1.29 is 19.4 Å². The summed E-state index contributed by atoms with van der Waals surface area (Å²) in [4.78, 5) is 15.0. The normalized spacial score (nSPS) is 19.7. The number of carbonyl (C=O) groups excluding carboxylic acids is 1. The first-order valence-corrected chi connectivity index (χ1v) is 9.54. The fourth-order valence-corrected chi connectivity index (χ4v) is 3.52. The number of rotatable bonds is 6. The molecular weight excluding hydrogens is 366 g/mol. The van der Waals surface area contributed by atoms with Gasteiger partial charge in [-0.2, -0.15) is 0 Å². The highest BCUT2D eigenvalue weighted by Crippen LogP contribution is 2.32. The van der Waals surface area contributed by atoms with Crippen LogP contribution in [0.25, 0.3) is 0 Å². The van der Waals surface area contributed by atoms with E-state index in [1.807, 2.05) is 37.3 Å². The maximum absolute atomic E-state index is 13.2. The number of amides is 1.